The van der Waals surface area contributed by atoms with Gasteiger partial charge in [0.25, 0.3) is 0 Å². The maximum atomic E-state index is 11.3. The van der Waals surface area contributed by atoms with E-state index in [1.54, 1.807) is 0 Å². The standard InChI is InChI=1S/C15H25Cl2IN2O4S/c1-2-25(21,22)20-5-6-23-10-3-4-19-15(7-10)24-14-9-12(17)11(16)8-13(14)18/h2,10-15,19-20H,1,3-9H2. The number of ether oxygens (including phenoxy) is 2. The lowest BCUT2D eigenvalue weighted by atomic mass is 9.96. The number of alkyl halides is 3. The van der Waals surface area contributed by atoms with Crippen molar-refractivity contribution in [3.63, 3.8) is 0 Å². The van der Waals surface area contributed by atoms with Gasteiger partial charge in [0.2, 0.25) is 10.0 Å². The molecule has 6 nitrogen and oxygen atoms in total. The van der Waals surface area contributed by atoms with Crippen LogP contribution in [0.3, 0.4) is 0 Å². The Hall–Kier alpha value is 0.840. The van der Waals surface area contributed by atoms with Gasteiger partial charge in [-0.2, -0.15) is 0 Å². The van der Waals surface area contributed by atoms with Crippen LogP contribution in [0.25, 0.3) is 0 Å². The van der Waals surface area contributed by atoms with Gasteiger partial charge in [0.05, 0.1) is 29.6 Å². The summed E-state index contributed by atoms with van der Waals surface area (Å²) < 4.78 is 37.3. The molecule has 2 rings (SSSR count). The highest BCUT2D eigenvalue weighted by Crippen LogP contribution is 2.34. The molecule has 10 heteroatoms. The second-order valence-corrected chi connectivity index (χ2v) is 10.7. The van der Waals surface area contributed by atoms with E-state index in [0.29, 0.717) is 10.5 Å². The Kier molecular flexibility index (Phi) is 9.21. The van der Waals surface area contributed by atoms with Gasteiger partial charge >= 0.3 is 0 Å². The van der Waals surface area contributed by atoms with Crippen molar-refractivity contribution >= 4 is 55.8 Å². The van der Waals surface area contributed by atoms with Crippen LogP contribution in [-0.4, -0.2) is 61.2 Å². The van der Waals surface area contributed by atoms with E-state index < -0.39 is 10.0 Å². The van der Waals surface area contributed by atoms with E-state index in [2.05, 4.69) is 39.2 Å². The van der Waals surface area contributed by atoms with Gasteiger partial charge in [-0.25, -0.2) is 13.1 Å². The minimum Gasteiger partial charge on any atom is -0.377 e. The Bertz CT molecular complexity index is 540. The van der Waals surface area contributed by atoms with Crippen molar-refractivity contribution in [1.29, 1.82) is 0 Å². The second-order valence-electron chi connectivity index (χ2n) is 6.26. The minimum atomic E-state index is -3.40. The average molecular weight is 527 g/mol. The molecular formula is C15H25Cl2IN2O4S. The molecule has 1 heterocycles. The molecule has 6 unspecified atom stereocenters. The van der Waals surface area contributed by atoms with Gasteiger partial charge in [-0.1, -0.05) is 29.2 Å². The molecule has 0 amide bonds. The third-order valence-electron chi connectivity index (χ3n) is 4.34. The van der Waals surface area contributed by atoms with E-state index in [1.807, 2.05) is 0 Å². The summed E-state index contributed by atoms with van der Waals surface area (Å²) in [6, 6.07) is 0. The summed E-state index contributed by atoms with van der Waals surface area (Å²) in [4.78, 5) is 0. The maximum Gasteiger partial charge on any atom is 0.233 e. The predicted octanol–water partition coefficient (Wildman–Crippen LogP) is 2.34. The Morgan fingerprint density at radius 2 is 2.00 bits per heavy atom. The van der Waals surface area contributed by atoms with Crippen LogP contribution in [0.15, 0.2) is 12.0 Å². The van der Waals surface area contributed by atoms with Crippen molar-refractivity contribution in [2.24, 2.45) is 0 Å². The van der Waals surface area contributed by atoms with E-state index in [0.717, 1.165) is 37.6 Å². The van der Waals surface area contributed by atoms with Gasteiger partial charge in [-0.05, 0) is 25.8 Å². The number of hydrogen-bond acceptors (Lipinski definition) is 5. The molecule has 6 atom stereocenters. The second kappa shape index (κ2) is 10.4. The SMILES string of the molecule is C=CS(=O)(=O)NCCOC1CCNC(OC2CC(Cl)C(Cl)CC2I)C1. The molecule has 1 saturated carbocycles. The molecule has 1 aliphatic heterocycles. The molecule has 0 aromatic carbocycles. The van der Waals surface area contributed by atoms with Crippen molar-refractivity contribution in [1.82, 2.24) is 10.0 Å². The molecule has 0 spiro atoms. The number of halogens is 3. The number of hydrogen-bond donors (Lipinski definition) is 2. The first-order valence-corrected chi connectivity index (χ1v) is 12.0. The highest BCUT2D eigenvalue weighted by molar-refractivity contribution is 14.1. The predicted molar refractivity (Wildman–Crippen MR) is 109 cm³/mol. The van der Waals surface area contributed by atoms with E-state index >= 15 is 0 Å². The highest BCUT2D eigenvalue weighted by Gasteiger charge is 2.36. The molecule has 0 radical (unpaired) electrons. The quantitative estimate of drug-likeness (QED) is 0.288. The molecule has 2 N–H and O–H groups in total. The fraction of sp³-hybridized carbons (Fsp3) is 0.867. The first kappa shape index (κ1) is 22.1. The third kappa shape index (κ3) is 7.40. The molecule has 1 saturated heterocycles. The molecule has 0 aromatic heterocycles. The van der Waals surface area contributed by atoms with Gasteiger partial charge < -0.3 is 9.47 Å². The lowest BCUT2D eigenvalue weighted by Gasteiger charge is -2.38. The largest absolute Gasteiger partial charge is 0.377 e. The van der Waals surface area contributed by atoms with Crippen molar-refractivity contribution in [3.8, 4) is 0 Å². The van der Waals surface area contributed by atoms with Crippen molar-refractivity contribution in [3.05, 3.63) is 12.0 Å². The zero-order chi connectivity index (χ0) is 18.4. The number of sulfonamides is 1. The lowest BCUT2D eigenvalue weighted by molar-refractivity contribution is -0.0872. The molecule has 0 aromatic rings. The molecule has 1 aliphatic carbocycles. The van der Waals surface area contributed by atoms with Crippen LogP contribution < -0.4 is 10.0 Å². The van der Waals surface area contributed by atoms with Gasteiger partial charge in [-0.15, -0.1) is 23.2 Å². The van der Waals surface area contributed by atoms with Gasteiger partial charge in [-0.3, -0.25) is 5.32 Å². The summed E-state index contributed by atoms with van der Waals surface area (Å²) in [7, 11) is -3.40. The van der Waals surface area contributed by atoms with Crippen LogP contribution in [0.5, 0.6) is 0 Å². The van der Waals surface area contributed by atoms with Crippen molar-refractivity contribution in [2.75, 3.05) is 19.7 Å². The Morgan fingerprint density at radius 1 is 1.28 bits per heavy atom. The van der Waals surface area contributed by atoms with E-state index in [9.17, 15) is 8.42 Å². The molecule has 2 fully saturated rings. The van der Waals surface area contributed by atoms with Crippen molar-refractivity contribution in [2.45, 2.75) is 58.8 Å². The molecule has 146 valence electrons. The van der Waals surface area contributed by atoms with Crippen LogP contribution in [0, 0.1) is 0 Å². The number of rotatable bonds is 8. The summed E-state index contributed by atoms with van der Waals surface area (Å²) >= 11 is 14.9. The Balaban J connectivity index is 1.72. The normalized spacial score (nSPS) is 36.9. The van der Waals surface area contributed by atoms with Crippen LogP contribution in [-0.2, 0) is 19.5 Å². The van der Waals surface area contributed by atoms with E-state index in [4.69, 9.17) is 32.7 Å². The van der Waals surface area contributed by atoms with E-state index in [1.165, 1.54) is 0 Å². The summed E-state index contributed by atoms with van der Waals surface area (Å²) in [6.07, 6.45) is 3.23. The summed E-state index contributed by atoms with van der Waals surface area (Å²) in [5, 5.41) is 4.19. The summed E-state index contributed by atoms with van der Waals surface area (Å²) in [5.74, 6) is 0. The molecule has 0 bridgehead atoms. The minimum absolute atomic E-state index is 0.00171. The zero-order valence-electron chi connectivity index (χ0n) is 13.9. The summed E-state index contributed by atoms with van der Waals surface area (Å²) in [5.41, 5.74) is 0. The molecular weight excluding hydrogens is 502 g/mol. The lowest BCUT2D eigenvalue weighted by Crippen LogP contribution is -2.48. The average Bonchev–Trinajstić information content (AvgIpc) is 2.57. The Labute approximate surface area is 173 Å². The smallest absolute Gasteiger partial charge is 0.233 e. The van der Waals surface area contributed by atoms with Crippen LogP contribution in [0.2, 0.25) is 0 Å². The maximum absolute atomic E-state index is 11.3. The van der Waals surface area contributed by atoms with Gasteiger partial charge in [0.1, 0.15) is 6.23 Å². The first-order chi connectivity index (χ1) is 11.8. The fourth-order valence-electron chi connectivity index (χ4n) is 2.95. The van der Waals surface area contributed by atoms with Crippen LogP contribution in [0.1, 0.15) is 25.7 Å². The molecule has 2 aliphatic rings. The third-order valence-corrected chi connectivity index (χ3v) is 7.79. The fourth-order valence-corrected chi connectivity index (χ4v) is 5.32. The highest BCUT2D eigenvalue weighted by atomic mass is 127. The number of nitrogens with one attached hydrogen (secondary N) is 2. The molecule has 25 heavy (non-hydrogen) atoms. The van der Waals surface area contributed by atoms with Crippen LogP contribution >= 0.6 is 45.8 Å². The topological polar surface area (TPSA) is 76.7 Å². The van der Waals surface area contributed by atoms with E-state index in [-0.39, 0.29) is 35.7 Å². The van der Waals surface area contributed by atoms with Crippen molar-refractivity contribution < 1.29 is 17.9 Å². The van der Waals surface area contributed by atoms with Gasteiger partial charge in [0.15, 0.2) is 0 Å². The van der Waals surface area contributed by atoms with Crippen LogP contribution in [0.4, 0.5) is 0 Å². The Morgan fingerprint density at radius 3 is 2.72 bits per heavy atom. The monoisotopic (exact) mass is 526 g/mol. The zero-order valence-corrected chi connectivity index (χ0v) is 18.4. The first-order valence-electron chi connectivity index (χ1n) is 8.35. The summed E-state index contributed by atoms with van der Waals surface area (Å²) in [6.45, 7) is 4.60. The number of piperidine rings is 1. The van der Waals surface area contributed by atoms with Gasteiger partial charge in [0, 0.05) is 22.3 Å².